The van der Waals surface area contributed by atoms with Crippen molar-refractivity contribution in [2.75, 3.05) is 11.9 Å². The molecule has 1 aliphatic rings. The second kappa shape index (κ2) is 5.90. The zero-order valence-corrected chi connectivity index (χ0v) is 11.7. The molecule has 0 unspecified atom stereocenters. The van der Waals surface area contributed by atoms with Gasteiger partial charge in [-0.3, -0.25) is 14.9 Å². The molecule has 0 aliphatic heterocycles. The van der Waals surface area contributed by atoms with Crippen molar-refractivity contribution in [3.8, 4) is 0 Å². The highest BCUT2D eigenvalue weighted by Gasteiger charge is 2.23. The molecule has 6 heteroatoms. The summed E-state index contributed by atoms with van der Waals surface area (Å²) in [5.41, 5.74) is 0.878. The predicted molar refractivity (Wildman–Crippen MR) is 76.9 cm³/mol. The molecule has 0 bridgehead atoms. The molecule has 1 saturated carbocycles. The lowest BCUT2D eigenvalue weighted by atomic mass is 10.1. The summed E-state index contributed by atoms with van der Waals surface area (Å²) in [5, 5.41) is 16.8. The lowest BCUT2D eigenvalue weighted by Gasteiger charge is -2.14. The van der Waals surface area contributed by atoms with E-state index in [0.717, 1.165) is 12.8 Å². The van der Waals surface area contributed by atoms with Crippen molar-refractivity contribution in [1.29, 1.82) is 0 Å². The molecule has 0 atom stereocenters. The molecular formula is C14H19N3O3. The number of nitrogens with zero attached hydrogens (tertiary/aromatic N) is 1. The highest BCUT2D eigenvalue weighted by atomic mass is 16.6. The van der Waals surface area contributed by atoms with Gasteiger partial charge in [-0.05, 0) is 38.7 Å². The molecule has 108 valence electrons. The van der Waals surface area contributed by atoms with Gasteiger partial charge in [-0.2, -0.15) is 0 Å². The van der Waals surface area contributed by atoms with Crippen molar-refractivity contribution < 1.29 is 9.72 Å². The van der Waals surface area contributed by atoms with E-state index >= 15 is 0 Å². The van der Waals surface area contributed by atoms with Gasteiger partial charge in [0.1, 0.15) is 0 Å². The van der Waals surface area contributed by atoms with Crippen LogP contribution in [0.3, 0.4) is 0 Å². The van der Waals surface area contributed by atoms with E-state index in [2.05, 4.69) is 10.6 Å². The summed E-state index contributed by atoms with van der Waals surface area (Å²) < 4.78 is 0. The highest BCUT2D eigenvalue weighted by Crippen LogP contribution is 2.28. The van der Waals surface area contributed by atoms with Crippen LogP contribution < -0.4 is 10.6 Å². The van der Waals surface area contributed by atoms with Crippen LogP contribution in [0.1, 0.15) is 37.0 Å². The number of nitro groups is 1. The van der Waals surface area contributed by atoms with Gasteiger partial charge >= 0.3 is 0 Å². The van der Waals surface area contributed by atoms with Gasteiger partial charge in [-0.1, -0.05) is 0 Å². The Morgan fingerprint density at radius 1 is 1.45 bits per heavy atom. The minimum absolute atomic E-state index is 0.0733. The first-order valence-corrected chi connectivity index (χ1v) is 6.80. The smallest absolute Gasteiger partial charge is 0.270 e. The first kappa shape index (κ1) is 14.3. The van der Waals surface area contributed by atoms with Crippen LogP contribution in [0.5, 0.6) is 0 Å². The highest BCUT2D eigenvalue weighted by molar-refractivity contribution is 6.00. The summed E-state index contributed by atoms with van der Waals surface area (Å²) in [4.78, 5) is 22.5. The van der Waals surface area contributed by atoms with E-state index in [1.54, 1.807) is 6.07 Å². The number of nitro benzene ring substituents is 1. The lowest BCUT2D eigenvalue weighted by Crippen LogP contribution is -2.27. The van der Waals surface area contributed by atoms with E-state index < -0.39 is 4.92 Å². The standard InChI is InChI=1S/C14H19N3O3/c1-9(2)16-13-6-5-11(17(19)20)7-12(13)14(18)15-8-10-3-4-10/h5-7,9-10,16H,3-4,8H2,1-2H3,(H,15,18). The number of amides is 1. The first-order valence-electron chi connectivity index (χ1n) is 6.80. The normalized spacial score (nSPS) is 14.2. The van der Waals surface area contributed by atoms with E-state index in [9.17, 15) is 14.9 Å². The van der Waals surface area contributed by atoms with Crippen LogP contribution in [-0.4, -0.2) is 23.4 Å². The van der Waals surface area contributed by atoms with Gasteiger partial charge in [0.15, 0.2) is 0 Å². The number of hydrogen-bond acceptors (Lipinski definition) is 4. The lowest BCUT2D eigenvalue weighted by molar-refractivity contribution is -0.384. The van der Waals surface area contributed by atoms with E-state index in [1.807, 2.05) is 13.8 Å². The summed E-state index contributed by atoms with van der Waals surface area (Å²) in [5.74, 6) is 0.308. The number of non-ortho nitro benzene ring substituents is 1. The summed E-state index contributed by atoms with van der Waals surface area (Å²) in [6, 6.07) is 4.46. The summed E-state index contributed by atoms with van der Waals surface area (Å²) in [6.07, 6.45) is 2.29. The van der Waals surface area contributed by atoms with Crippen molar-refractivity contribution in [3.05, 3.63) is 33.9 Å². The molecule has 0 aromatic heterocycles. The van der Waals surface area contributed by atoms with Crippen LogP contribution in [0.15, 0.2) is 18.2 Å². The molecule has 6 nitrogen and oxygen atoms in total. The second-order valence-corrected chi connectivity index (χ2v) is 5.44. The van der Waals surface area contributed by atoms with Crippen LogP contribution in [0, 0.1) is 16.0 Å². The summed E-state index contributed by atoms with van der Waals surface area (Å²) >= 11 is 0. The number of carbonyl (C=O) groups is 1. The number of carbonyl (C=O) groups excluding carboxylic acids is 1. The minimum Gasteiger partial charge on any atom is -0.382 e. The van der Waals surface area contributed by atoms with Crippen LogP contribution in [0.25, 0.3) is 0 Å². The third kappa shape index (κ3) is 3.69. The fraction of sp³-hybridized carbons (Fsp3) is 0.500. The van der Waals surface area contributed by atoms with Gasteiger partial charge in [0, 0.05) is 30.4 Å². The predicted octanol–water partition coefficient (Wildman–Crippen LogP) is 2.55. The van der Waals surface area contributed by atoms with Crippen LogP contribution >= 0.6 is 0 Å². The molecule has 0 spiro atoms. The number of anilines is 1. The Balaban J connectivity index is 2.21. The number of hydrogen-bond donors (Lipinski definition) is 2. The third-order valence-corrected chi connectivity index (χ3v) is 3.15. The number of rotatable bonds is 6. The zero-order valence-electron chi connectivity index (χ0n) is 11.7. The topological polar surface area (TPSA) is 84.3 Å². The summed E-state index contributed by atoms with van der Waals surface area (Å²) in [6.45, 7) is 4.54. The molecule has 2 rings (SSSR count). The van der Waals surface area contributed by atoms with Gasteiger partial charge in [-0.25, -0.2) is 0 Å². The molecule has 0 radical (unpaired) electrons. The van der Waals surface area contributed by atoms with Crippen molar-refractivity contribution in [3.63, 3.8) is 0 Å². The van der Waals surface area contributed by atoms with E-state index in [1.165, 1.54) is 12.1 Å². The molecule has 1 fully saturated rings. The average molecular weight is 277 g/mol. The van der Waals surface area contributed by atoms with Crippen LogP contribution in [0.2, 0.25) is 0 Å². The Morgan fingerprint density at radius 2 is 2.15 bits per heavy atom. The Labute approximate surface area is 117 Å². The van der Waals surface area contributed by atoms with Crippen molar-refractivity contribution in [2.45, 2.75) is 32.7 Å². The van der Waals surface area contributed by atoms with Gasteiger partial charge in [-0.15, -0.1) is 0 Å². The fourth-order valence-electron chi connectivity index (χ4n) is 1.92. The fourth-order valence-corrected chi connectivity index (χ4v) is 1.92. The SMILES string of the molecule is CC(C)Nc1ccc([N+](=O)[O-])cc1C(=O)NCC1CC1. The Morgan fingerprint density at radius 3 is 2.70 bits per heavy atom. The number of benzene rings is 1. The van der Waals surface area contributed by atoms with Gasteiger partial charge < -0.3 is 10.6 Å². The minimum atomic E-state index is -0.489. The van der Waals surface area contributed by atoms with E-state index in [4.69, 9.17) is 0 Å². The molecule has 0 saturated heterocycles. The molecule has 1 aromatic carbocycles. The quantitative estimate of drug-likeness (QED) is 0.618. The molecule has 1 aromatic rings. The second-order valence-electron chi connectivity index (χ2n) is 5.44. The Bertz CT molecular complexity index is 524. The molecule has 1 aliphatic carbocycles. The molecular weight excluding hydrogens is 258 g/mol. The van der Waals surface area contributed by atoms with Crippen LogP contribution in [-0.2, 0) is 0 Å². The van der Waals surface area contributed by atoms with Crippen molar-refractivity contribution >= 4 is 17.3 Å². The molecule has 2 N–H and O–H groups in total. The van der Waals surface area contributed by atoms with Crippen LogP contribution in [0.4, 0.5) is 11.4 Å². The largest absolute Gasteiger partial charge is 0.382 e. The maximum atomic E-state index is 12.2. The molecule has 20 heavy (non-hydrogen) atoms. The zero-order chi connectivity index (χ0) is 14.7. The molecule has 1 amide bonds. The van der Waals surface area contributed by atoms with Gasteiger partial charge in [0.05, 0.1) is 10.5 Å². The van der Waals surface area contributed by atoms with Gasteiger partial charge in [0.25, 0.3) is 11.6 Å². The van der Waals surface area contributed by atoms with Crippen molar-refractivity contribution in [2.24, 2.45) is 5.92 Å². The molecule has 0 heterocycles. The average Bonchev–Trinajstić information content (AvgIpc) is 3.19. The van der Waals surface area contributed by atoms with E-state index in [0.29, 0.717) is 23.7 Å². The number of nitrogens with one attached hydrogen (secondary N) is 2. The Hall–Kier alpha value is -2.11. The van der Waals surface area contributed by atoms with E-state index in [-0.39, 0.29) is 17.6 Å². The monoisotopic (exact) mass is 277 g/mol. The third-order valence-electron chi connectivity index (χ3n) is 3.15. The summed E-state index contributed by atoms with van der Waals surface area (Å²) in [7, 11) is 0. The first-order chi connectivity index (χ1) is 9.47. The maximum absolute atomic E-state index is 12.2. The van der Waals surface area contributed by atoms with Crippen molar-refractivity contribution in [1.82, 2.24) is 5.32 Å². The maximum Gasteiger partial charge on any atom is 0.270 e. The Kier molecular flexibility index (Phi) is 4.22. The van der Waals surface area contributed by atoms with Gasteiger partial charge in [0.2, 0.25) is 0 Å².